The second kappa shape index (κ2) is 4.59. The number of nitrogens with two attached hydrogens (primary N) is 1. The molecule has 0 fully saturated rings. The molecule has 4 heterocycles. The SMILES string of the molecule is COc1nc(N)nn2ccc(C3=Cn4ccnc4CC3C)c12. The maximum atomic E-state index is 5.71. The Morgan fingerprint density at radius 2 is 2.23 bits per heavy atom. The van der Waals surface area contributed by atoms with Crippen LogP contribution in [0.15, 0.2) is 24.7 Å². The molecule has 0 aliphatic carbocycles. The van der Waals surface area contributed by atoms with Crippen molar-refractivity contribution in [2.75, 3.05) is 12.8 Å². The Labute approximate surface area is 127 Å². The number of nitrogens with zero attached hydrogens (tertiary/aromatic N) is 5. The first kappa shape index (κ1) is 12.9. The van der Waals surface area contributed by atoms with Gasteiger partial charge in [-0.25, -0.2) is 9.50 Å². The highest BCUT2D eigenvalue weighted by Crippen LogP contribution is 2.36. The van der Waals surface area contributed by atoms with Crippen molar-refractivity contribution in [2.24, 2.45) is 5.92 Å². The predicted octanol–water partition coefficient (Wildman–Crippen LogP) is 1.71. The number of methoxy groups -OCH3 is 1. The Morgan fingerprint density at radius 3 is 3.05 bits per heavy atom. The fraction of sp³-hybridized carbons (Fsp3) is 0.267. The largest absolute Gasteiger partial charge is 0.479 e. The highest BCUT2D eigenvalue weighted by atomic mass is 16.5. The molecule has 0 bridgehead atoms. The van der Waals surface area contributed by atoms with Crippen molar-refractivity contribution in [3.8, 4) is 5.88 Å². The number of allylic oxidation sites excluding steroid dienone is 1. The maximum Gasteiger partial charge on any atom is 0.243 e. The quantitative estimate of drug-likeness (QED) is 0.778. The van der Waals surface area contributed by atoms with Gasteiger partial charge in [0.15, 0.2) is 0 Å². The summed E-state index contributed by atoms with van der Waals surface area (Å²) in [5.74, 6) is 2.10. The standard InChI is InChI=1S/C15H16N6O/c1-9-7-12-17-4-6-20(12)8-11(9)10-3-5-21-13(10)14(22-2)18-15(16)19-21/h3-6,8-9H,7H2,1-2H3,(H2,16,19). The fourth-order valence-electron chi connectivity index (χ4n) is 3.00. The summed E-state index contributed by atoms with van der Waals surface area (Å²) in [7, 11) is 1.59. The molecule has 2 N–H and O–H groups in total. The number of fused-ring (bicyclic) bond motifs is 2. The van der Waals surface area contributed by atoms with Crippen LogP contribution in [0.3, 0.4) is 0 Å². The molecular formula is C15H16N6O. The zero-order valence-electron chi connectivity index (χ0n) is 12.4. The van der Waals surface area contributed by atoms with Gasteiger partial charge in [0.05, 0.1) is 7.11 Å². The Morgan fingerprint density at radius 1 is 1.36 bits per heavy atom. The van der Waals surface area contributed by atoms with E-state index in [9.17, 15) is 0 Å². The van der Waals surface area contributed by atoms with Crippen molar-refractivity contribution >= 4 is 23.2 Å². The van der Waals surface area contributed by atoms with Gasteiger partial charge in [0.2, 0.25) is 11.8 Å². The summed E-state index contributed by atoms with van der Waals surface area (Å²) < 4.78 is 9.16. The highest BCUT2D eigenvalue weighted by molar-refractivity contribution is 5.88. The van der Waals surface area contributed by atoms with Crippen LogP contribution in [0, 0.1) is 5.92 Å². The van der Waals surface area contributed by atoms with E-state index in [4.69, 9.17) is 10.5 Å². The van der Waals surface area contributed by atoms with Crippen LogP contribution in [0.4, 0.5) is 5.95 Å². The fourth-order valence-corrected chi connectivity index (χ4v) is 3.00. The van der Waals surface area contributed by atoms with E-state index in [-0.39, 0.29) is 5.95 Å². The molecule has 1 aliphatic heterocycles. The minimum Gasteiger partial charge on any atom is -0.479 e. The molecule has 0 saturated carbocycles. The summed E-state index contributed by atoms with van der Waals surface area (Å²) >= 11 is 0. The second-order valence-corrected chi connectivity index (χ2v) is 5.44. The molecule has 3 aromatic heterocycles. The average molecular weight is 296 g/mol. The molecule has 0 aromatic carbocycles. The molecule has 7 heteroatoms. The van der Waals surface area contributed by atoms with Gasteiger partial charge in [-0.3, -0.25) is 0 Å². The lowest BCUT2D eigenvalue weighted by Gasteiger charge is -2.21. The zero-order chi connectivity index (χ0) is 15.3. The monoisotopic (exact) mass is 296 g/mol. The first-order valence-electron chi connectivity index (χ1n) is 7.10. The molecule has 1 atom stereocenters. The molecule has 0 amide bonds. The van der Waals surface area contributed by atoms with E-state index in [0.717, 1.165) is 23.3 Å². The van der Waals surface area contributed by atoms with Gasteiger partial charge in [0.25, 0.3) is 0 Å². The number of nitrogen functional groups attached to an aromatic ring is 1. The van der Waals surface area contributed by atoms with Crippen molar-refractivity contribution in [1.29, 1.82) is 0 Å². The minimum atomic E-state index is 0.189. The summed E-state index contributed by atoms with van der Waals surface area (Å²) in [5, 5.41) is 4.22. The van der Waals surface area contributed by atoms with E-state index in [1.807, 2.05) is 24.7 Å². The van der Waals surface area contributed by atoms with Gasteiger partial charge in [0.1, 0.15) is 11.3 Å². The van der Waals surface area contributed by atoms with Crippen LogP contribution in [0.25, 0.3) is 17.3 Å². The first-order chi connectivity index (χ1) is 10.7. The molecule has 3 aromatic rings. The minimum absolute atomic E-state index is 0.189. The molecule has 0 spiro atoms. The van der Waals surface area contributed by atoms with Gasteiger partial charge in [-0.15, -0.1) is 5.10 Å². The molecule has 1 unspecified atom stereocenters. The molecular weight excluding hydrogens is 280 g/mol. The van der Waals surface area contributed by atoms with Gasteiger partial charge < -0.3 is 15.0 Å². The van der Waals surface area contributed by atoms with Crippen LogP contribution < -0.4 is 10.5 Å². The Balaban J connectivity index is 1.95. The van der Waals surface area contributed by atoms with Gasteiger partial charge in [-0.2, -0.15) is 4.98 Å². The van der Waals surface area contributed by atoms with E-state index in [1.165, 1.54) is 5.57 Å². The van der Waals surface area contributed by atoms with E-state index in [1.54, 1.807) is 11.6 Å². The van der Waals surface area contributed by atoms with Crippen LogP contribution in [0.2, 0.25) is 0 Å². The van der Waals surface area contributed by atoms with Crippen molar-refractivity contribution in [1.82, 2.24) is 24.1 Å². The van der Waals surface area contributed by atoms with Gasteiger partial charge in [0, 0.05) is 36.8 Å². The number of ether oxygens (including phenoxy) is 1. The summed E-state index contributed by atoms with van der Waals surface area (Å²) in [6.45, 7) is 2.19. The van der Waals surface area contributed by atoms with Gasteiger partial charge >= 0.3 is 0 Å². The first-order valence-corrected chi connectivity index (χ1v) is 7.10. The summed E-state index contributed by atoms with van der Waals surface area (Å²) in [5.41, 5.74) is 8.81. The lowest BCUT2D eigenvalue weighted by Crippen LogP contribution is -2.13. The van der Waals surface area contributed by atoms with E-state index in [2.05, 4.69) is 32.8 Å². The number of hydrogen-bond donors (Lipinski definition) is 1. The van der Waals surface area contributed by atoms with Crippen molar-refractivity contribution in [2.45, 2.75) is 13.3 Å². The summed E-state index contributed by atoms with van der Waals surface area (Å²) in [6.07, 6.45) is 8.67. The molecule has 22 heavy (non-hydrogen) atoms. The van der Waals surface area contributed by atoms with Crippen molar-refractivity contribution in [3.05, 3.63) is 36.0 Å². The van der Waals surface area contributed by atoms with Crippen LogP contribution >= 0.6 is 0 Å². The normalized spacial score (nSPS) is 17.4. The third kappa shape index (κ3) is 1.78. The third-order valence-corrected chi connectivity index (χ3v) is 4.05. The lowest BCUT2D eigenvalue weighted by atomic mass is 9.90. The molecule has 1 aliphatic rings. The van der Waals surface area contributed by atoms with Gasteiger partial charge in [-0.05, 0) is 17.6 Å². The average Bonchev–Trinajstić information content (AvgIpc) is 3.11. The Hall–Kier alpha value is -2.83. The molecule has 7 nitrogen and oxygen atoms in total. The van der Waals surface area contributed by atoms with Crippen LogP contribution in [-0.2, 0) is 6.42 Å². The van der Waals surface area contributed by atoms with Crippen molar-refractivity contribution in [3.63, 3.8) is 0 Å². The van der Waals surface area contributed by atoms with E-state index >= 15 is 0 Å². The highest BCUT2D eigenvalue weighted by Gasteiger charge is 2.23. The Bertz CT molecular complexity index is 891. The number of hydrogen-bond acceptors (Lipinski definition) is 5. The predicted molar refractivity (Wildman–Crippen MR) is 83.2 cm³/mol. The summed E-state index contributed by atoms with van der Waals surface area (Å²) in [4.78, 5) is 8.56. The number of imidazole rings is 1. The van der Waals surface area contributed by atoms with Crippen LogP contribution in [0.1, 0.15) is 18.3 Å². The molecule has 0 radical (unpaired) electrons. The molecule has 0 saturated heterocycles. The number of anilines is 1. The van der Waals surface area contributed by atoms with Gasteiger partial charge in [-0.1, -0.05) is 6.92 Å². The van der Waals surface area contributed by atoms with E-state index in [0.29, 0.717) is 11.8 Å². The lowest BCUT2D eigenvalue weighted by molar-refractivity contribution is 0.400. The van der Waals surface area contributed by atoms with Crippen LogP contribution in [0.5, 0.6) is 5.88 Å². The third-order valence-electron chi connectivity index (χ3n) is 4.05. The van der Waals surface area contributed by atoms with Crippen molar-refractivity contribution < 1.29 is 4.74 Å². The number of rotatable bonds is 2. The molecule has 4 rings (SSSR count). The summed E-state index contributed by atoms with van der Waals surface area (Å²) in [6, 6.07) is 2.02. The topological polar surface area (TPSA) is 83.3 Å². The molecule has 112 valence electrons. The second-order valence-electron chi connectivity index (χ2n) is 5.44. The van der Waals surface area contributed by atoms with E-state index < -0.39 is 0 Å². The smallest absolute Gasteiger partial charge is 0.243 e. The maximum absolute atomic E-state index is 5.71. The Kier molecular flexibility index (Phi) is 2.69. The zero-order valence-corrected chi connectivity index (χ0v) is 12.4. The van der Waals surface area contributed by atoms with Crippen LogP contribution in [-0.4, -0.2) is 31.3 Å². The number of aromatic nitrogens is 5.